The topological polar surface area (TPSA) is 85.4 Å². The minimum atomic E-state index is -3.04. The van der Waals surface area contributed by atoms with Gasteiger partial charge in [-0.1, -0.05) is 36.4 Å². The van der Waals surface area contributed by atoms with Crippen molar-refractivity contribution < 1.29 is 17.6 Å². The van der Waals surface area contributed by atoms with Crippen molar-refractivity contribution in [2.24, 2.45) is 0 Å². The first-order chi connectivity index (χ1) is 15.5. The monoisotopic (exact) mass is 447 g/mol. The van der Waals surface area contributed by atoms with Crippen LogP contribution in [0.5, 0.6) is 0 Å². The zero-order valence-corrected chi connectivity index (χ0v) is 18.0. The minimum Gasteiger partial charge on any atom is -0.454 e. The Labute approximate surface area is 185 Å². The molecule has 0 N–H and O–H groups in total. The van der Waals surface area contributed by atoms with Crippen LogP contribution in [0.3, 0.4) is 0 Å². The highest BCUT2D eigenvalue weighted by Gasteiger charge is 2.24. The number of amides is 1. The summed E-state index contributed by atoms with van der Waals surface area (Å²) in [4.78, 5) is 14.2. The van der Waals surface area contributed by atoms with Gasteiger partial charge in [-0.05, 0) is 30.3 Å². The number of nitrogens with zero attached hydrogens (tertiary/aromatic N) is 3. The highest BCUT2D eigenvalue weighted by molar-refractivity contribution is 7.91. The summed E-state index contributed by atoms with van der Waals surface area (Å²) in [6.45, 7) is 0.427. The van der Waals surface area contributed by atoms with E-state index < -0.39 is 9.84 Å². The number of sulfone groups is 1. The molecular formula is C24H21N3O4S. The molecular weight excluding hydrogens is 426 g/mol. The lowest BCUT2D eigenvalue weighted by Crippen LogP contribution is -2.43. The first kappa shape index (κ1) is 20.3. The Morgan fingerprint density at radius 2 is 1.72 bits per heavy atom. The fourth-order valence-corrected chi connectivity index (χ4v) is 4.91. The predicted molar refractivity (Wildman–Crippen MR) is 123 cm³/mol. The van der Waals surface area contributed by atoms with Crippen molar-refractivity contribution in [3.8, 4) is 17.1 Å². The summed E-state index contributed by atoms with van der Waals surface area (Å²) < 4.78 is 31.0. The van der Waals surface area contributed by atoms with Crippen LogP contribution in [-0.2, 0) is 14.6 Å². The number of benzene rings is 2. The maximum Gasteiger partial charge on any atom is 0.246 e. The lowest BCUT2D eigenvalue weighted by molar-refractivity contribution is -0.125. The van der Waals surface area contributed by atoms with Crippen molar-refractivity contribution in [2.75, 3.05) is 24.6 Å². The number of furan rings is 1. The van der Waals surface area contributed by atoms with Crippen LogP contribution < -0.4 is 0 Å². The maximum atomic E-state index is 12.6. The highest BCUT2D eigenvalue weighted by atomic mass is 32.2. The van der Waals surface area contributed by atoms with Crippen molar-refractivity contribution in [3.63, 3.8) is 0 Å². The first-order valence-electron chi connectivity index (χ1n) is 10.3. The Morgan fingerprint density at radius 1 is 1.00 bits per heavy atom. The molecule has 0 aliphatic carbocycles. The van der Waals surface area contributed by atoms with Gasteiger partial charge in [0.05, 0.1) is 17.2 Å². The van der Waals surface area contributed by atoms with E-state index in [1.165, 1.54) is 6.08 Å². The number of carbonyl (C=O) groups is 1. The van der Waals surface area contributed by atoms with Gasteiger partial charge in [0.15, 0.2) is 15.6 Å². The number of para-hydroxylation sites is 2. The summed E-state index contributed by atoms with van der Waals surface area (Å²) in [6.07, 6.45) is 5.03. The molecule has 1 aliphatic heterocycles. The Morgan fingerprint density at radius 3 is 2.47 bits per heavy atom. The van der Waals surface area contributed by atoms with E-state index in [1.807, 2.05) is 66.9 Å². The molecule has 1 amide bonds. The molecule has 0 bridgehead atoms. The van der Waals surface area contributed by atoms with Gasteiger partial charge in [-0.3, -0.25) is 4.79 Å². The van der Waals surface area contributed by atoms with Crippen LogP contribution in [0.15, 0.2) is 77.4 Å². The van der Waals surface area contributed by atoms with E-state index >= 15 is 0 Å². The van der Waals surface area contributed by atoms with Crippen molar-refractivity contribution in [1.82, 2.24) is 14.7 Å². The Bertz CT molecular complexity index is 1370. The zero-order valence-electron chi connectivity index (χ0n) is 17.2. The Hall–Kier alpha value is -3.65. The third kappa shape index (κ3) is 4.09. The third-order valence-corrected chi connectivity index (χ3v) is 7.09. The number of hydrogen-bond donors (Lipinski definition) is 0. The summed E-state index contributed by atoms with van der Waals surface area (Å²) in [5, 5.41) is 5.69. The fourth-order valence-electron chi connectivity index (χ4n) is 3.71. The molecule has 0 radical (unpaired) electrons. The average molecular weight is 448 g/mol. The van der Waals surface area contributed by atoms with Crippen LogP contribution in [0.4, 0.5) is 0 Å². The van der Waals surface area contributed by atoms with Gasteiger partial charge in [-0.2, -0.15) is 5.10 Å². The first-order valence-corrected chi connectivity index (χ1v) is 12.1. The van der Waals surface area contributed by atoms with Crippen LogP contribution in [0.1, 0.15) is 5.56 Å². The molecule has 3 heterocycles. The van der Waals surface area contributed by atoms with Gasteiger partial charge < -0.3 is 9.32 Å². The van der Waals surface area contributed by atoms with E-state index in [-0.39, 0.29) is 30.5 Å². The van der Waals surface area contributed by atoms with Gasteiger partial charge in [0.25, 0.3) is 0 Å². The molecule has 0 saturated carbocycles. The molecule has 8 heteroatoms. The molecule has 5 rings (SSSR count). The molecule has 2 aromatic carbocycles. The Balaban J connectivity index is 1.49. The van der Waals surface area contributed by atoms with E-state index in [4.69, 9.17) is 9.52 Å². The summed E-state index contributed by atoms with van der Waals surface area (Å²) in [5.41, 5.74) is 3.00. The van der Waals surface area contributed by atoms with E-state index in [0.29, 0.717) is 11.5 Å². The van der Waals surface area contributed by atoms with Gasteiger partial charge >= 0.3 is 0 Å². The summed E-state index contributed by atoms with van der Waals surface area (Å²) in [5.74, 6) is 0.394. The fraction of sp³-hybridized carbons (Fsp3) is 0.167. The molecule has 0 spiro atoms. The summed E-state index contributed by atoms with van der Waals surface area (Å²) in [6, 6.07) is 19.4. The Kier molecular flexibility index (Phi) is 5.14. The largest absolute Gasteiger partial charge is 0.454 e. The van der Waals surface area contributed by atoms with Gasteiger partial charge in [-0.15, -0.1) is 0 Å². The number of aromatic nitrogens is 2. The molecule has 1 saturated heterocycles. The lowest BCUT2D eigenvalue weighted by atomic mass is 10.1. The number of hydrogen-bond acceptors (Lipinski definition) is 5. The normalized spacial score (nSPS) is 16.1. The summed E-state index contributed by atoms with van der Waals surface area (Å²) in [7, 11) is -3.04. The van der Waals surface area contributed by atoms with E-state index in [2.05, 4.69) is 0 Å². The SMILES string of the molecule is O=C(/C=C/c1cn(-c2ccccc2)nc1-c1cc2ccccc2o1)N1CCS(=O)(=O)CC1. The third-order valence-electron chi connectivity index (χ3n) is 5.48. The number of carbonyl (C=O) groups excluding carboxylic acids is 1. The van der Waals surface area contributed by atoms with Crippen LogP contribution in [0.25, 0.3) is 34.2 Å². The number of rotatable bonds is 4. The minimum absolute atomic E-state index is 0.00273. The molecule has 32 heavy (non-hydrogen) atoms. The molecule has 1 fully saturated rings. The van der Waals surface area contributed by atoms with Crippen LogP contribution in [-0.4, -0.2) is 53.6 Å². The highest BCUT2D eigenvalue weighted by Crippen LogP contribution is 2.30. The summed E-state index contributed by atoms with van der Waals surface area (Å²) >= 11 is 0. The van der Waals surface area contributed by atoms with Gasteiger partial charge in [0.2, 0.25) is 5.91 Å². The molecule has 1 aliphatic rings. The van der Waals surface area contributed by atoms with Gasteiger partial charge in [-0.25, -0.2) is 13.1 Å². The van der Waals surface area contributed by atoms with Gasteiger partial charge in [0.1, 0.15) is 11.3 Å². The average Bonchev–Trinajstić information content (AvgIpc) is 3.42. The standard InChI is InChI=1S/C24H21N3O4S/c28-23(26-12-14-32(29,30)15-13-26)11-10-19-17-27(20-7-2-1-3-8-20)25-24(19)22-16-18-6-4-5-9-21(18)31-22/h1-11,16-17H,12-15H2/b11-10+. The van der Waals surface area contributed by atoms with Crippen molar-refractivity contribution >= 4 is 32.8 Å². The molecule has 7 nitrogen and oxygen atoms in total. The molecule has 162 valence electrons. The van der Waals surface area contributed by atoms with Crippen molar-refractivity contribution in [3.05, 3.63) is 78.5 Å². The number of fused-ring (bicyclic) bond motifs is 1. The molecule has 4 aromatic rings. The van der Waals surface area contributed by atoms with Crippen molar-refractivity contribution in [2.45, 2.75) is 0 Å². The molecule has 0 atom stereocenters. The van der Waals surface area contributed by atoms with Gasteiger partial charge in [0, 0.05) is 36.3 Å². The zero-order chi connectivity index (χ0) is 22.1. The van der Waals surface area contributed by atoms with Crippen LogP contribution in [0.2, 0.25) is 0 Å². The lowest BCUT2D eigenvalue weighted by Gasteiger charge is -2.25. The van der Waals surface area contributed by atoms with Crippen LogP contribution >= 0.6 is 0 Å². The second-order valence-corrected chi connectivity index (χ2v) is 9.98. The second kappa shape index (κ2) is 8.12. The maximum absolute atomic E-state index is 12.6. The van der Waals surface area contributed by atoms with E-state index in [9.17, 15) is 13.2 Å². The second-order valence-electron chi connectivity index (χ2n) is 7.67. The quantitative estimate of drug-likeness (QED) is 0.447. The van der Waals surface area contributed by atoms with Crippen LogP contribution in [0, 0.1) is 0 Å². The molecule has 0 unspecified atom stereocenters. The van der Waals surface area contributed by atoms with E-state index in [0.717, 1.165) is 22.2 Å². The smallest absolute Gasteiger partial charge is 0.246 e. The van der Waals surface area contributed by atoms with Crippen molar-refractivity contribution in [1.29, 1.82) is 0 Å². The van der Waals surface area contributed by atoms with E-state index in [1.54, 1.807) is 15.7 Å². The molecule has 2 aromatic heterocycles. The predicted octanol–water partition coefficient (Wildman–Crippen LogP) is 3.56.